The Morgan fingerprint density at radius 1 is 1.44 bits per heavy atom. The van der Waals surface area contributed by atoms with Crippen LogP contribution in [0.15, 0.2) is 18.2 Å². The van der Waals surface area contributed by atoms with Gasteiger partial charge in [-0.15, -0.1) is 13.2 Å². The number of halogens is 4. The minimum Gasteiger partial charge on any atom is -0.405 e. The molecule has 16 heavy (non-hydrogen) atoms. The number of rotatable bonds is 3. The van der Waals surface area contributed by atoms with Crippen LogP contribution in [0.1, 0.15) is 23.7 Å². The average molecular weight is 344 g/mol. The molecule has 0 atom stereocenters. The molecule has 0 saturated carbocycles. The number of alkyl halides is 3. The summed E-state index contributed by atoms with van der Waals surface area (Å²) < 4.78 is 40.5. The van der Waals surface area contributed by atoms with E-state index in [4.69, 9.17) is 0 Å². The van der Waals surface area contributed by atoms with Crippen molar-refractivity contribution < 1.29 is 22.7 Å². The zero-order chi connectivity index (χ0) is 12.3. The number of carbonyl (C=O) groups is 1. The van der Waals surface area contributed by atoms with Crippen LogP contribution in [0, 0.1) is 3.57 Å². The number of hydrogen-bond acceptors (Lipinski definition) is 2. The summed E-state index contributed by atoms with van der Waals surface area (Å²) in [5.41, 5.74) is -0.0112. The molecule has 0 radical (unpaired) electrons. The van der Waals surface area contributed by atoms with Crippen molar-refractivity contribution in [1.82, 2.24) is 0 Å². The lowest BCUT2D eigenvalue weighted by Crippen LogP contribution is -2.19. The van der Waals surface area contributed by atoms with E-state index < -0.39 is 12.1 Å². The van der Waals surface area contributed by atoms with Gasteiger partial charge in [-0.2, -0.15) is 0 Å². The highest BCUT2D eigenvalue weighted by Gasteiger charge is 2.33. The van der Waals surface area contributed by atoms with Crippen molar-refractivity contribution in [3.63, 3.8) is 0 Å². The molecule has 6 heteroatoms. The lowest BCUT2D eigenvalue weighted by Gasteiger charge is -2.13. The zero-order valence-electron chi connectivity index (χ0n) is 8.27. The van der Waals surface area contributed by atoms with Crippen molar-refractivity contribution in [2.75, 3.05) is 0 Å². The van der Waals surface area contributed by atoms with Gasteiger partial charge in [0.25, 0.3) is 0 Å². The van der Waals surface area contributed by atoms with Crippen LogP contribution in [0.2, 0.25) is 0 Å². The van der Waals surface area contributed by atoms with Crippen LogP contribution in [-0.4, -0.2) is 12.1 Å². The lowest BCUT2D eigenvalue weighted by atomic mass is 10.1. The number of ketones is 1. The van der Waals surface area contributed by atoms with Crippen LogP contribution in [0.4, 0.5) is 13.2 Å². The summed E-state index contributed by atoms with van der Waals surface area (Å²) in [5, 5.41) is 0. The van der Waals surface area contributed by atoms with E-state index >= 15 is 0 Å². The molecular weight excluding hydrogens is 336 g/mol. The van der Waals surface area contributed by atoms with Gasteiger partial charge in [-0.05, 0) is 34.7 Å². The molecular formula is C10H8F3IO2. The van der Waals surface area contributed by atoms with Gasteiger partial charge in [0.15, 0.2) is 5.78 Å². The zero-order valence-corrected chi connectivity index (χ0v) is 10.4. The molecule has 0 aliphatic heterocycles. The van der Waals surface area contributed by atoms with Crippen LogP contribution < -0.4 is 4.74 Å². The third-order valence-corrected chi connectivity index (χ3v) is 2.70. The van der Waals surface area contributed by atoms with Crippen molar-refractivity contribution in [2.45, 2.75) is 19.7 Å². The Kier molecular flexibility index (Phi) is 4.17. The Hall–Kier alpha value is -0.790. The van der Waals surface area contributed by atoms with E-state index in [1.807, 2.05) is 22.6 Å². The molecule has 0 bridgehead atoms. The molecule has 0 fully saturated rings. The largest absolute Gasteiger partial charge is 0.573 e. The summed E-state index contributed by atoms with van der Waals surface area (Å²) in [6.07, 6.45) is -4.65. The highest BCUT2D eigenvalue weighted by atomic mass is 127. The second-order valence-corrected chi connectivity index (χ2v) is 4.10. The molecule has 0 heterocycles. The minimum atomic E-state index is -4.78. The smallest absolute Gasteiger partial charge is 0.405 e. The Bertz CT molecular complexity index is 402. The number of carbonyl (C=O) groups excluding carboxylic acids is 1. The topological polar surface area (TPSA) is 26.3 Å². The quantitative estimate of drug-likeness (QED) is 0.616. The van der Waals surface area contributed by atoms with E-state index in [0.717, 1.165) is 6.07 Å². The maximum absolute atomic E-state index is 12.1. The number of ether oxygens (including phenoxy) is 1. The van der Waals surface area contributed by atoms with E-state index in [1.165, 1.54) is 6.07 Å². The third-order valence-electron chi connectivity index (χ3n) is 1.80. The fourth-order valence-corrected chi connectivity index (χ4v) is 1.94. The second-order valence-electron chi connectivity index (χ2n) is 2.94. The summed E-state index contributed by atoms with van der Waals surface area (Å²) in [5.74, 6) is -0.810. The number of hydrogen-bond donors (Lipinski definition) is 0. The Labute approximate surface area is 104 Å². The van der Waals surface area contributed by atoms with E-state index in [-0.39, 0.29) is 17.8 Å². The van der Waals surface area contributed by atoms with Gasteiger partial charge >= 0.3 is 6.36 Å². The molecule has 1 aromatic carbocycles. The molecule has 0 aromatic heterocycles. The summed E-state index contributed by atoms with van der Waals surface area (Å²) in [7, 11) is 0. The van der Waals surface area contributed by atoms with Gasteiger partial charge in [0.05, 0.1) is 5.56 Å². The Morgan fingerprint density at radius 2 is 2.06 bits per heavy atom. The van der Waals surface area contributed by atoms with Crippen molar-refractivity contribution >= 4 is 28.4 Å². The Morgan fingerprint density at radius 3 is 2.56 bits per heavy atom. The predicted molar refractivity (Wildman–Crippen MR) is 60.5 cm³/mol. The molecule has 0 saturated heterocycles. The fourth-order valence-electron chi connectivity index (χ4n) is 1.16. The molecule has 0 unspecified atom stereocenters. The molecule has 1 aromatic rings. The van der Waals surface area contributed by atoms with Crippen LogP contribution in [0.25, 0.3) is 0 Å². The standard InChI is InChI=1S/C10H8F3IO2/c1-2-7(15)9-6(14)4-3-5-8(9)16-10(11,12)13/h3-5H,2H2,1H3. The third kappa shape index (κ3) is 3.36. The van der Waals surface area contributed by atoms with Crippen molar-refractivity contribution in [3.8, 4) is 5.75 Å². The highest BCUT2D eigenvalue weighted by Crippen LogP contribution is 2.30. The van der Waals surface area contributed by atoms with Gasteiger partial charge < -0.3 is 4.74 Å². The highest BCUT2D eigenvalue weighted by molar-refractivity contribution is 14.1. The Balaban J connectivity index is 3.18. The van der Waals surface area contributed by atoms with Crippen LogP contribution >= 0.6 is 22.6 Å². The van der Waals surface area contributed by atoms with E-state index in [9.17, 15) is 18.0 Å². The molecule has 1 rings (SSSR count). The summed E-state index contributed by atoms with van der Waals surface area (Å²) in [4.78, 5) is 11.5. The maximum atomic E-state index is 12.1. The lowest BCUT2D eigenvalue weighted by molar-refractivity contribution is -0.274. The monoisotopic (exact) mass is 344 g/mol. The van der Waals surface area contributed by atoms with Crippen LogP contribution in [0.3, 0.4) is 0 Å². The summed E-state index contributed by atoms with van der Waals surface area (Å²) >= 11 is 1.81. The van der Waals surface area contributed by atoms with Crippen LogP contribution in [0.5, 0.6) is 5.75 Å². The van der Waals surface area contributed by atoms with Gasteiger partial charge in [0, 0.05) is 9.99 Å². The van der Waals surface area contributed by atoms with E-state index in [1.54, 1.807) is 13.0 Å². The van der Waals surface area contributed by atoms with E-state index in [2.05, 4.69) is 4.74 Å². The van der Waals surface area contributed by atoms with Crippen molar-refractivity contribution in [2.24, 2.45) is 0 Å². The average Bonchev–Trinajstić information content (AvgIpc) is 2.14. The second kappa shape index (κ2) is 5.03. The SMILES string of the molecule is CCC(=O)c1c(I)cccc1OC(F)(F)F. The van der Waals surface area contributed by atoms with Gasteiger partial charge in [-0.1, -0.05) is 13.0 Å². The molecule has 0 amide bonds. The summed E-state index contributed by atoms with van der Waals surface area (Å²) in [6.45, 7) is 1.59. The van der Waals surface area contributed by atoms with Gasteiger partial charge in [0.1, 0.15) is 5.75 Å². The molecule has 88 valence electrons. The molecule has 0 aliphatic carbocycles. The van der Waals surface area contributed by atoms with E-state index in [0.29, 0.717) is 3.57 Å². The van der Waals surface area contributed by atoms with Crippen molar-refractivity contribution in [1.29, 1.82) is 0 Å². The number of benzene rings is 1. The summed E-state index contributed by atoms with van der Waals surface area (Å²) in [6, 6.07) is 4.11. The molecule has 2 nitrogen and oxygen atoms in total. The van der Waals surface area contributed by atoms with Crippen LogP contribution in [-0.2, 0) is 0 Å². The number of Topliss-reactive ketones (excluding diaryl/α,β-unsaturated/α-hetero) is 1. The first-order valence-electron chi connectivity index (χ1n) is 4.42. The maximum Gasteiger partial charge on any atom is 0.573 e. The van der Waals surface area contributed by atoms with Gasteiger partial charge in [0.2, 0.25) is 0 Å². The molecule has 0 spiro atoms. The predicted octanol–water partition coefficient (Wildman–Crippen LogP) is 3.78. The fraction of sp³-hybridized carbons (Fsp3) is 0.300. The van der Waals surface area contributed by atoms with Gasteiger partial charge in [-0.3, -0.25) is 4.79 Å². The first-order valence-corrected chi connectivity index (χ1v) is 5.50. The molecule has 0 aliphatic rings. The minimum absolute atomic E-state index is 0.0112. The van der Waals surface area contributed by atoms with Gasteiger partial charge in [-0.25, -0.2) is 0 Å². The first kappa shape index (κ1) is 13.3. The van der Waals surface area contributed by atoms with Crippen molar-refractivity contribution in [3.05, 3.63) is 27.3 Å². The normalized spacial score (nSPS) is 11.3. The first-order chi connectivity index (χ1) is 7.35. The molecule has 0 N–H and O–H groups in total.